The van der Waals surface area contributed by atoms with Crippen LogP contribution in [0.15, 0.2) is 70.8 Å². The van der Waals surface area contributed by atoms with E-state index >= 15 is 0 Å². The molecule has 0 saturated heterocycles. The molecule has 0 aliphatic carbocycles. The molecule has 5 nitrogen and oxygen atoms in total. The molecule has 0 spiro atoms. The summed E-state index contributed by atoms with van der Waals surface area (Å²) in [6.45, 7) is 1.94. The number of imidazole rings is 1. The number of rotatable bonds is 4. The van der Waals surface area contributed by atoms with Crippen molar-refractivity contribution in [3.8, 4) is 17.0 Å². The molecule has 6 heteroatoms. The predicted octanol–water partition coefficient (Wildman–Crippen LogP) is 4.11. The Balaban J connectivity index is 1.85. The van der Waals surface area contributed by atoms with Crippen LogP contribution in [0.5, 0.6) is 5.75 Å². The summed E-state index contributed by atoms with van der Waals surface area (Å²) in [7, 11) is 1.61. The van der Waals surface area contributed by atoms with Crippen LogP contribution in [0.2, 0.25) is 0 Å². The highest BCUT2D eigenvalue weighted by atomic mass is 32.2. The summed E-state index contributed by atoms with van der Waals surface area (Å²) in [4.78, 5) is 12.8. The lowest BCUT2D eigenvalue weighted by molar-refractivity contribution is 0.414. The topological polar surface area (TPSA) is 73.9 Å². The number of aryl methyl sites for hydroxylation is 1. The molecule has 1 unspecified atom stereocenters. The molecule has 0 aliphatic rings. The van der Waals surface area contributed by atoms with E-state index in [1.807, 2.05) is 55.5 Å². The highest BCUT2D eigenvalue weighted by Gasteiger charge is 2.26. The second-order valence-electron chi connectivity index (χ2n) is 5.86. The van der Waals surface area contributed by atoms with E-state index in [4.69, 9.17) is 4.74 Å². The number of hydrogen-bond acceptors (Lipinski definition) is 4. The van der Waals surface area contributed by atoms with Gasteiger partial charge in [0.25, 0.3) is 0 Å². The molecular weight excluding hydrogens is 346 g/mol. The summed E-state index contributed by atoms with van der Waals surface area (Å²) in [5, 5.41) is 0.435. The van der Waals surface area contributed by atoms with Gasteiger partial charge in [-0.1, -0.05) is 24.3 Å². The highest BCUT2D eigenvalue weighted by molar-refractivity contribution is 7.91. The fourth-order valence-electron chi connectivity index (χ4n) is 2.90. The molecule has 2 heterocycles. The summed E-state index contributed by atoms with van der Waals surface area (Å²) in [6.07, 6.45) is 1.68. The van der Waals surface area contributed by atoms with Crippen molar-refractivity contribution in [2.45, 2.75) is 17.0 Å². The Morgan fingerprint density at radius 1 is 1.08 bits per heavy atom. The molecule has 0 radical (unpaired) electrons. The molecule has 1 N–H and O–H groups in total. The lowest BCUT2D eigenvalue weighted by atomic mass is 10.1. The zero-order valence-electron chi connectivity index (χ0n) is 14.4. The fourth-order valence-corrected chi connectivity index (χ4v) is 4.21. The van der Waals surface area contributed by atoms with E-state index in [2.05, 4.69) is 15.0 Å². The van der Waals surface area contributed by atoms with Crippen molar-refractivity contribution in [3.63, 3.8) is 0 Å². The Kier molecular flexibility index (Phi) is 4.36. The molecule has 130 valence electrons. The Hall–Kier alpha value is -2.83. The van der Waals surface area contributed by atoms with Gasteiger partial charge in [0.05, 0.1) is 40.6 Å². The van der Waals surface area contributed by atoms with Crippen LogP contribution in [-0.4, -0.2) is 26.6 Å². The average molecular weight is 363 g/mol. The predicted molar refractivity (Wildman–Crippen MR) is 102 cm³/mol. The molecular formula is C20H17N3O2S. The molecule has 4 rings (SSSR count). The van der Waals surface area contributed by atoms with Crippen molar-refractivity contribution in [2.75, 3.05) is 7.11 Å². The SMILES string of the molecule is COc1ccnc(-c2cccc(C)c2[S+]([O-])c2nc3ccccc3[nH]2)c1. The third kappa shape index (κ3) is 2.94. The quantitative estimate of drug-likeness (QED) is 0.554. The van der Waals surface area contributed by atoms with Gasteiger partial charge in [0.15, 0.2) is 4.90 Å². The van der Waals surface area contributed by atoms with Crippen molar-refractivity contribution < 1.29 is 9.29 Å². The van der Waals surface area contributed by atoms with E-state index in [-0.39, 0.29) is 0 Å². The summed E-state index contributed by atoms with van der Waals surface area (Å²) in [5.74, 6) is 0.706. The number of aromatic amines is 1. The third-order valence-electron chi connectivity index (χ3n) is 4.18. The minimum Gasteiger partial charge on any atom is -0.604 e. The Morgan fingerprint density at radius 3 is 2.73 bits per heavy atom. The lowest BCUT2D eigenvalue weighted by Gasteiger charge is -2.14. The zero-order chi connectivity index (χ0) is 18.1. The van der Waals surface area contributed by atoms with Gasteiger partial charge in [0.2, 0.25) is 0 Å². The van der Waals surface area contributed by atoms with Crippen molar-refractivity contribution in [1.29, 1.82) is 0 Å². The third-order valence-corrected chi connectivity index (χ3v) is 5.64. The maximum absolute atomic E-state index is 13.3. The number of pyridine rings is 1. The monoisotopic (exact) mass is 363 g/mol. The fraction of sp³-hybridized carbons (Fsp3) is 0.100. The number of ether oxygens (including phenoxy) is 1. The average Bonchev–Trinajstić information content (AvgIpc) is 3.11. The molecule has 26 heavy (non-hydrogen) atoms. The number of para-hydroxylation sites is 2. The summed E-state index contributed by atoms with van der Waals surface area (Å²) < 4.78 is 18.6. The van der Waals surface area contributed by atoms with Crippen LogP contribution in [0.4, 0.5) is 0 Å². The lowest BCUT2D eigenvalue weighted by Crippen LogP contribution is -2.08. The minimum absolute atomic E-state index is 0.435. The van der Waals surface area contributed by atoms with Crippen molar-refractivity contribution >= 4 is 22.2 Å². The van der Waals surface area contributed by atoms with E-state index in [1.165, 1.54) is 0 Å². The van der Waals surface area contributed by atoms with Crippen LogP contribution >= 0.6 is 0 Å². The molecule has 0 fully saturated rings. The molecule has 0 bridgehead atoms. The normalized spacial score (nSPS) is 12.3. The largest absolute Gasteiger partial charge is 0.604 e. The Morgan fingerprint density at radius 2 is 1.92 bits per heavy atom. The van der Waals surface area contributed by atoms with Gasteiger partial charge in [0, 0.05) is 17.8 Å². The number of fused-ring (bicyclic) bond motifs is 1. The van der Waals surface area contributed by atoms with Crippen LogP contribution in [-0.2, 0) is 11.2 Å². The first-order chi connectivity index (χ1) is 12.7. The Labute approximate surface area is 154 Å². The van der Waals surface area contributed by atoms with Gasteiger partial charge in [-0.3, -0.25) is 9.97 Å². The zero-order valence-corrected chi connectivity index (χ0v) is 15.2. The first-order valence-electron chi connectivity index (χ1n) is 8.14. The van der Waals surface area contributed by atoms with E-state index in [9.17, 15) is 4.55 Å². The first kappa shape index (κ1) is 16.6. The maximum atomic E-state index is 13.3. The molecule has 2 aromatic heterocycles. The molecule has 2 aromatic carbocycles. The second kappa shape index (κ2) is 6.82. The van der Waals surface area contributed by atoms with Gasteiger partial charge < -0.3 is 9.29 Å². The highest BCUT2D eigenvalue weighted by Crippen LogP contribution is 2.33. The second-order valence-corrected chi connectivity index (χ2v) is 7.19. The van der Waals surface area contributed by atoms with Gasteiger partial charge in [-0.05, 0) is 31.2 Å². The molecule has 0 aliphatic heterocycles. The number of aromatic nitrogens is 3. The smallest absolute Gasteiger partial charge is 0.327 e. The maximum Gasteiger partial charge on any atom is 0.327 e. The van der Waals surface area contributed by atoms with E-state index < -0.39 is 11.2 Å². The minimum atomic E-state index is -1.46. The standard InChI is InChI=1S/C20H17N3O2S/c1-13-6-5-7-15(18-12-14(25-2)10-11-21-18)19(13)26(24)20-22-16-8-3-4-9-17(16)23-20/h3-12H,1-2H3,(H,22,23). The van der Waals surface area contributed by atoms with Crippen LogP contribution < -0.4 is 4.74 Å². The Bertz CT molecular complexity index is 1040. The van der Waals surface area contributed by atoms with Gasteiger partial charge in [-0.25, -0.2) is 0 Å². The van der Waals surface area contributed by atoms with Gasteiger partial charge in [-0.15, -0.1) is 0 Å². The van der Waals surface area contributed by atoms with Crippen LogP contribution in [0, 0.1) is 6.92 Å². The van der Waals surface area contributed by atoms with Gasteiger partial charge in [0.1, 0.15) is 5.75 Å². The molecule has 0 saturated carbocycles. The van der Waals surface area contributed by atoms with Crippen molar-refractivity contribution in [2.24, 2.45) is 0 Å². The number of benzene rings is 2. The van der Waals surface area contributed by atoms with Crippen LogP contribution in [0.1, 0.15) is 5.56 Å². The molecule has 0 amide bonds. The molecule has 1 atom stereocenters. The number of hydrogen-bond donors (Lipinski definition) is 1. The van der Waals surface area contributed by atoms with E-state index in [1.54, 1.807) is 19.4 Å². The number of nitrogens with one attached hydrogen (secondary N) is 1. The first-order valence-corrected chi connectivity index (χ1v) is 9.29. The van der Waals surface area contributed by atoms with E-state index in [0.29, 0.717) is 21.5 Å². The summed E-state index contributed by atoms with van der Waals surface area (Å²) >= 11 is -1.46. The van der Waals surface area contributed by atoms with E-state index in [0.717, 1.165) is 22.2 Å². The number of nitrogens with zero attached hydrogens (tertiary/aromatic N) is 2. The number of H-pyrrole nitrogens is 1. The summed E-state index contributed by atoms with van der Waals surface area (Å²) in [5.41, 5.74) is 4.11. The summed E-state index contributed by atoms with van der Waals surface area (Å²) in [6, 6.07) is 17.1. The van der Waals surface area contributed by atoms with Crippen LogP contribution in [0.3, 0.4) is 0 Å². The van der Waals surface area contributed by atoms with Gasteiger partial charge in [-0.2, -0.15) is 4.98 Å². The van der Waals surface area contributed by atoms with Gasteiger partial charge >= 0.3 is 5.16 Å². The van der Waals surface area contributed by atoms with Crippen molar-refractivity contribution in [3.05, 3.63) is 66.4 Å². The molecule has 4 aromatic rings. The number of methoxy groups -OCH3 is 1. The van der Waals surface area contributed by atoms with Crippen LogP contribution in [0.25, 0.3) is 22.3 Å². The van der Waals surface area contributed by atoms with Crippen molar-refractivity contribution in [1.82, 2.24) is 15.0 Å².